The molecule has 8 heteroatoms. The summed E-state index contributed by atoms with van der Waals surface area (Å²) >= 11 is 0. The Kier molecular flexibility index (Phi) is 5.22. The van der Waals surface area contributed by atoms with E-state index in [9.17, 15) is 27.6 Å². The number of nitrogens with one attached hydrogen (secondary N) is 1. The molecule has 0 aromatic heterocycles. The number of carbonyl (C=O) groups is 3. The van der Waals surface area contributed by atoms with Crippen LogP contribution in [0.25, 0.3) is 11.1 Å². The molecule has 2 amide bonds. The highest BCUT2D eigenvalue weighted by molar-refractivity contribution is 6.42. The minimum absolute atomic E-state index is 0.0355. The molecule has 1 fully saturated rings. The first-order valence-corrected chi connectivity index (χ1v) is 8.50. The van der Waals surface area contributed by atoms with Crippen LogP contribution in [0.4, 0.5) is 13.2 Å². The molecule has 0 spiro atoms. The van der Waals surface area contributed by atoms with E-state index >= 15 is 0 Å². The quantitative estimate of drug-likeness (QED) is 0.645. The van der Waals surface area contributed by atoms with Gasteiger partial charge in [-0.25, -0.2) is 0 Å². The molecule has 0 radical (unpaired) electrons. The second kappa shape index (κ2) is 7.46. The van der Waals surface area contributed by atoms with E-state index in [0.717, 1.165) is 12.1 Å². The van der Waals surface area contributed by atoms with Crippen LogP contribution in [0.1, 0.15) is 11.1 Å². The number of likely N-dealkylation sites (tertiary alicyclic amines) is 1. The van der Waals surface area contributed by atoms with Crippen LogP contribution in [-0.4, -0.2) is 36.1 Å². The van der Waals surface area contributed by atoms with Gasteiger partial charge >= 0.3 is 6.18 Å². The van der Waals surface area contributed by atoms with Gasteiger partial charge in [-0.15, -0.1) is 0 Å². The lowest BCUT2D eigenvalue weighted by Crippen LogP contribution is -2.35. The Morgan fingerprint density at radius 3 is 2.36 bits per heavy atom. The third-order valence-electron chi connectivity index (χ3n) is 4.56. The van der Waals surface area contributed by atoms with Gasteiger partial charge in [-0.3, -0.25) is 14.4 Å². The van der Waals surface area contributed by atoms with Crippen LogP contribution >= 0.6 is 0 Å². The van der Waals surface area contributed by atoms with Crippen molar-refractivity contribution in [2.75, 3.05) is 13.6 Å². The number of hydrogen-bond donors (Lipinski definition) is 1. The average Bonchev–Trinajstić information content (AvgIpc) is 2.93. The number of likely N-dealkylation sites (N-methyl/N-ethyl adjacent to an activating group) is 1. The summed E-state index contributed by atoms with van der Waals surface area (Å²) in [6, 6.07) is 11.7. The van der Waals surface area contributed by atoms with Gasteiger partial charge in [-0.2, -0.15) is 13.2 Å². The molecule has 0 saturated carbocycles. The van der Waals surface area contributed by atoms with Crippen molar-refractivity contribution in [3.05, 3.63) is 59.7 Å². The fourth-order valence-electron chi connectivity index (χ4n) is 3.03. The maximum atomic E-state index is 12.9. The molecule has 3 rings (SSSR count). The van der Waals surface area contributed by atoms with E-state index in [1.165, 1.54) is 18.0 Å². The first-order chi connectivity index (χ1) is 13.2. The molecule has 1 aliphatic heterocycles. The molecule has 146 valence electrons. The Bertz CT molecular complexity index is 940. The number of halogens is 3. The van der Waals surface area contributed by atoms with Crippen LogP contribution in [0.2, 0.25) is 0 Å². The number of alkyl halides is 3. The van der Waals surface area contributed by atoms with Gasteiger partial charge in [0, 0.05) is 20.1 Å². The van der Waals surface area contributed by atoms with Crippen molar-refractivity contribution in [1.82, 2.24) is 10.2 Å². The summed E-state index contributed by atoms with van der Waals surface area (Å²) in [6.45, 7) is 0.126. The van der Waals surface area contributed by atoms with Crippen LogP contribution in [0.3, 0.4) is 0 Å². The smallest absolute Gasteiger partial charge is 0.351 e. The fraction of sp³-hybridized carbons (Fsp3) is 0.250. The predicted octanol–water partition coefficient (Wildman–Crippen LogP) is 2.65. The Morgan fingerprint density at radius 2 is 1.75 bits per heavy atom. The largest absolute Gasteiger partial charge is 0.416 e. The van der Waals surface area contributed by atoms with Crippen LogP contribution in [0, 0.1) is 5.92 Å². The zero-order valence-corrected chi connectivity index (χ0v) is 14.9. The van der Waals surface area contributed by atoms with Crippen LogP contribution in [0.15, 0.2) is 48.5 Å². The summed E-state index contributed by atoms with van der Waals surface area (Å²) in [7, 11) is 1.45. The lowest BCUT2D eigenvalue weighted by atomic mass is 10.0. The van der Waals surface area contributed by atoms with Gasteiger partial charge in [0.15, 0.2) is 0 Å². The second-order valence-corrected chi connectivity index (χ2v) is 6.60. The summed E-state index contributed by atoms with van der Waals surface area (Å²) in [5, 5.41) is 2.61. The highest BCUT2D eigenvalue weighted by atomic mass is 19.4. The van der Waals surface area contributed by atoms with Crippen molar-refractivity contribution in [2.24, 2.45) is 5.92 Å². The number of amides is 2. The van der Waals surface area contributed by atoms with Crippen molar-refractivity contribution in [3.63, 3.8) is 0 Å². The number of hydrogen-bond acceptors (Lipinski definition) is 3. The van der Waals surface area contributed by atoms with Crippen molar-refractivity contribution >= 4 is 17.6 Å². The van der Waals surface area contributed by atoms with Gasteiger partial charge in [0.05, 0.1) is 5.56 Å². The molecule has 0 bridgehead atoms. The third-order valence-corrected chi connectivity index (χ3v) is 4.56. The molecule has 1 unspecified atom stereocenters. The Balaban J connectivity index is 1.72. The van der Waals surface area contributed by atoms with Crippen molar-refractivity contribution in [3.8, 4) is 11.1 Å². The van der Waals surface area contributed by atoms with Gasteiger partial charge in [0.25, 0.3) is 5.91 Å². The zero-order chi connectivity index (χ0) is 20.5. The molecule has 28 heavy (non-hydrogen) atoms. The second-order valence-electron chi connectivity index (χ2n) is 6.60. The minimum atomic E-state index is -4.43. The van der Waals surface area contributed by atoms with E-state index < -0.39 is 35.3 Å². The predicted molar refractivity (Wildman–Crippen MR) is 94.9 cm³/mol. The summed E-state index contributed by atoms with van der Waals surface area (Å²) < 4.78 is 38.7. The van der Waals surface area contributed by atoms with E-state index in [4.69, 9.17) is 0 Å². The van der Waals surface area contributed by atoms with Crippen molar-refractivity contribution in [2.45, 2.75) is 12.7 Å². The highest BCUT2D eigenvalue weighted by Crippen LogP contribution is 2.32. The minimum Gasteiger partial charge on any atom is -0.351 e. The SMILES string of the molecule is CN1CC(C(=O)NCc2cccc(-c3cccc(C(F)(F)F)c3)c2)C(=O)C1=O. The van der Waals surface area contributed by atoms with E-state index in [0.29, 0.717) is 16.7 Å². The standard InChI is InChI=1S/C20H17F3N2O3/c1-25-11-16(17(26)19(25)28)18(27)24-10-12-4-2-5-13(8-12)14-6-3-7-15(9-14)20(21,22)23/h2-9,16H,10-11H2,1H3,(H,24,27). The number of benzene rings is 2. The monoisotopic (exact) mass is 390 g/mol. The van der Waals surface area contributed by atoms with Gasteiger partial charge in [0.2, 0.25) is 11.7 Å². The van der Waals surface area contributed by atoms with E-state index in [1.54, 1.807) is 30.3 Å². The Morgan fingerprint density at radius 1 is 1.11 bits per heavy atom. The summed E-state index contributed by atoms with van der Waals surface area (Å²) in [4.78, 5) is 36.7. The van der Waals surface area contributed by atoms with Crippen LogP contribution in [-0.2, 0) is 27.1 Å². The van der Waals surface area contributed by atoms with Crippen LogP contribution < -0.4 is 5.32 Å². The van der Waals surface area contributed by atoms with E-state index in [-0.39, 0.29) is 13.1 Å². The van der Waals surface area contributed by atoms with E-state index in [2.05, 4.69) is 5.32 Å². The van der Waals surface area contributed by atoms with Gasteiger partial charge in [-0.05, 0) is 34.9 Å². The van der Waals surface area contributed by atoms with Gasteiger partial charge in [0.1, 0.15) is 5.92 Å². The number of rotatable bonds is 4. The fourth-order valence-corrected chi connectivity index (χ4v) is 3.03. The number of nitrogens with zero attached hydrogens (tertiary/aromatic N) is 1. The van der Waals surface area contributed by atoms with Gasteiger partial charge < -0.3 is 10.2 Å². The summed E-state index contributed by atoms with van der Waals surface area (Å²) in [5.74, 6) is -3.01. The number of ketones is 1. The molecule has 1 saturated heterocycles. The maximum Gasteiger partial charge on any atom is 0.416 e. The highest BCUT2D eigenvalue weighted by Gasteiger charge is 2.41. The normalized spacial score (nSPS) is 17.1. The third kappa shape index (κ3) is 4.05. The molecular formula is C20H17F3N2O3. The first kappa shape index (κ1) is 19.6. The Labute approximate surface area is 159 Å². The molecule has 2 aromatic rings. The topological polar surface area (TPSA) is 66.5 Å². The summed E-state index contributed by atoms with van der Waals surface area (Å²) in [5.41, 5.74) is 0.900. The zero-order valence-electron chi connectivity index (χ0n) is 14.9. The number of carbonyl (C=O) groups excluding carboxylic acids is 3. The van der Waals surface area contributed by atoms with Crippen molar-refractivity contribution < 1.29 is 27.6 Å². The summed E-state index contributed by atoms with van der Waals surface area (Å²) in [6.07, 6.45) is -4.43. The molecule has 1 atom stereocenters. The average molecular weight is 390 g/mol. The van der Waals surface area contributed by atoms with Crippen LogP contribution in [0.5, 0.6) is 0 Å². The Hall–Kier alpha value is -3.16. The molecule has 1 aliphatic rings. The first-order valence-electron chi connectivity index (χ1n) is 8.50. The van der Waals surface area contributed by atoms with Crippen molar-refractivity contribution in [1.29, 1.82) is 0 Å². The number of Topliss-reactive ketones (excluding diaryl/α,β-unsaturated/α-hetero) is 1. The molecule has 2 aromatic carbocycles. The van der Waals surface area contributed by atoms with E-state index in [1.807, 2.05) is 0 Å². The maximum absolute atomic E-state index is 12.9. The molecule has 1 N–H and O–H groups in total. The lowest BCUT2D eigenvalue weighted by molar-refractivity contribution is -0.142. The lowest BCUT2D eigenvalue weighted by Gasteiger charge is -2.12. The molecule has 1 heterocycles. The van der Waals surface area contributed by atoms with Gasteiger partial charge in [-0.1, -0.05) is 30.3 Å². The molecule has 5 nitrogen and oxygen atoms in total. The molecule has 0 aliphatic carbocycles. The molecular weight excluding hydrogens is 373 g/mol.